The van der Waals surface area contributed by atoms with E-state index in [9.17, 15) is 4.79 Å². The van der Waals surface area contributed by atoms with Crippen molar-refractivity contribution in [3.63, 3.8) is 0 Å². The lowest BCUT2D eigenvalue weighted by Crippen LogP contribution is -2.56. The summed E-state index contributed by atoms with van der Waals surface area (Å²) in [5.74, 6) is 0.585. The van der Waals surface area contributed by atoms with Crippen LogP contribution in [-0.2, 0) is 4.79 Å². The number of carbonyl (C=O) groups excluding carboxylic acids is 1. The second-order valence-corrected chi connectivity index (χ2v) is 6.04. The van der Waals surface area contributed by atoms with Crippen LogP contribution in [-0.4, -0.2) is 23.6 Å². The Labute approximate surface area is 120 Å². The molecule has 3 N–H and O–H groups in total. The lowest BCUT2D eigenvalue weighted by Gasteiger charge is -2.29. The van der Waals surface area contributed by atoms with Crippen molar-refractivity contribution in [3.05, 3.63) is 29.8 Å². The molecule has 110 valence electrons. The first kappa shape index (κ1) is 14.9. The van der Waals surface area contributed by atoms with Crippen LogP contribution in [0.4, 0.5) is 0 Å². The first-order chi connectivity index (χ1) is 9.41. The summed E-state index contributed by atoms with van der Waals surface area (Å²) < 4.78 is 6.00. The maximum atomic E-state index is 11.8. The Morgan fingerprint density at radius 1 is 1.50 bits per heavy atom. The zero-order valence-corrected chi connectivity index (χ0v) is 12.5. The number of primary amides is 1. The number of hydrogen-bond donors (Lipinski definition) is 2. The summed E-state index contributed by atoms with van der Waals surface area (Å²) in [6.45, 7) is 6.09. The summed E-state index contributed by atoms with van der Waals surface area (Å²) in [6.07, 6.45) is 2.25. The van der Waals surface area contributed by atoms with Gasteiger partial charge in [0.15, 0.2) is 0 Å². The monoisotopic (exact) mass is 276 g/mol. The third kappa shape index (κ3) is 3.31. The molecule has 2 rings (SSSR count). The highest BCUT2D eigenvalue weighted by Crippen LogP contribution is 2.33. The van der Waals surface area contributed by atoms with Crippen LogP contribution in [0.15, 0.2) is 24.3 Å². The summed E-state index contributed by atoms with van der Waals surface area (Å²) in [5.41, 5.74) is 6.15. The van der Waals surface area contributed by atoms with Crippen molar-refractivity contribution >= 4 is 5.91 Å². The van der Waals surface area contributed by atoms with Crippen LogP contribution in [0, 0.1) is 6.92 Å². The molecule has 1 saturated carbocycles. The third-order valence-electron chi connectivity index (χ3n) is 3.80. The minimum Gasteiger partial charge on any atom is -0.490 e. The van der Waals surface area contributed by atoms with Crippen molar-refractivity contribution < 1.29 is 9.53 Å². The van der Waals surface area contributed by atoms with Gasteiger partial charge in [-0.3, -0.25) is 4.79 Å². The number of amides is 1. The topological polar surface area (TPSA) is 64.3 Å². The van der Waals surface area contributed by atoms with Crippen molar-refractivity contribution in [2.75, 3.05) is 0 Å². The van der Waals surface area contributed by atoms with Crippen LogP contribution < -0.4 is 15.8 Å². The van der Waals surface area contributed by atoms with E-state index in [2.05, 4.69) is 5.32 Å². The number of nitrogens with two attached hydrogens (primary N) is 1. The molecule has 1 aromatic rings. The van der Waals surface area contributed by atoms with E-state index in [0.717, 1.165) is 18.6 Å². The molecule has 1 aromatic carbocycles. The SMILES string of the molecule is Cc1cccc(OC2CCC(NC(C)C)(C(N)=O)C2)c1. The van der Waals surface area contributed by atoms with Crippen molar-refractivity contribution in [2.24, 2.45) is 5.73 Å². The molecule has 4 heteroatoms. The first-order valence-electron chi connectivity index (χ1n) is 7.22. The van der Waals surface area contributed by atoms with Crippen LogP contribution in [0.1, 0.15) is 38.7 Å². The Kier molecular flexibility index (Phi) is 4.33. The van der Waals surface area contributed by atoms with E-state index in [4.69, 9.17) is 10.5 Å². The number of carbonyl (C=O) groups is 1. The lowest BCUT2D eigenvalue weighted by atomic mass is 9.95. The van der Waals surface area contributed by atoms with E-state index in [-0.39, 0.29) is 18.1 Å². The highest BCUT2D eigenvalue weighted by molar-refractivity contribution is 5.85. The molecule has 0 spiro atoms. The predicted molar refractivity (Wildman–Crippen MR) is 79.6 cm³/mol. The van der Waals surface area contributed by atoms with Crippen LogP contribution in [0.3, 0.4) is 0 Å². The zero-order chi connectivity index (χ0) is 14.8. The van der Waals surface area contributed by atoms with Gasteiger partial charge in [-0.05, 0) is 51.3 Å². The molecule has 4 nitrogen and oxygen atoms in total. The van der Waals surface area contributed by atoms with Gasteiger partial charge in [0.25, 0.3) is 0 Å². The molecular weight excluding hydrogens is 252 g/mol. The minimum absolute atomic E-state index is 0.0375. The summed E-state index contributed by atoms with van der Waals surface area (Å²) in [4.78, 5) is 11.8. The molecule has 0 aliphatic heterocycles. The van der Waals surface area contributed by atoms with Gasteiger partial charge in [0.05, 0.1) is 0 Å². The van der Waals surface area contributed by atoms with Gasteiger partial charge in [0.2, 0.25) is 5.91 Å². The van der Waals surface area contributed by atoms with Crippen molar-refractivity contribution in [1.82, 2.24) is 5.32 Å². The quantitative estimate of drug-likeness (QED) is 0.866. The fourth-order valence-corrected chi connectivity index (χ4v) is 2.96. The number of rotatable bonds is 5. The molecule has 0 aromatic heterocycles. The molecule has 0 heterocycles. The van der Waals surface area contributed by atoms with Gasteiger partial charge >= 0.3 is 0 Å². The predicted octanol–water partition coefficient (Wildman–Crippen LogP) is 2.15. The number of aryl methyl sites for hydroxylation is 1. The zero-order valence-electron chi connectivity index (χ0n) is 12.5. The molecule has 1 aliphatic carbocycles. The largest absolute Gasteiger partial charge is 0.490 e. The van der Waals surface area contributed by atoms with Gasteiger partial charge in [-0.25, -0.2) is 0 Å². The molecule has 1 aliphatic rings. The van der Waals surface area contributed by atoms with E-state index in [1.807, 2.05) is 45.0 Å². The van der Waals surface area contributed by atoms with Gasteiger partial charge < -0.3 is 15.8 Å². The smallest absolute Gasteiger partial charge is 0.237 e. The number of hydrogen-bond acceptors (Lipinski definition) is 3. The Morgan fingerprint density at radius 2 is 2.25 bits per heavy atom. The van der Waals surface area contributed by atoms with Gasteiger partial charge in [0.1, 0.15) is 17.4 Å². The summed E-state index contributed by atoms with van der Waals surface area (Å²) >= 11 is 0. The van der Waals surface area contributed by atoms with Crippen LogP contribution in [0.25, 0.3) is 0 Å². The van der Waals surface area contributed by atoms with Gasteiger partial charge in [0, 0.05) is 12.5 Å². The Morgan fingerprint density at radius 3 is 2.85 bits per heavy atom. The molecule has 2 unspecified atom stereocenters. The lowest BCUT2D eigenvalue weighted by molar-refractivity contribution is -0.124. The second-order valence-electron chi connectivity index (χ2n) is 6.04. The molecular formula is C16H24N2O2. The maximum Gasteiger partial charge on any atom is 0.237 e. The van der Waals surface area contributed by atoms with Crippen molar-refractivity contribution in [1.29, 1.82) is 0 Å². The number of nitrogens with one attached hydrogen (secondary N) is 1. The molecule has 0 saturated heterocycles. The molecule has 20 heavy (non-hydrogen) atoms. The molecule has 1 amide bonds. The number of ether oxygens (including phenoxy) is 1. The van der Waals surface area contributed by atoms with Crippen LogP contribution in [0.5, 0.6) is 5.75 Å². The van der Waals surface area contributed by atoms with E-state index in [1.165, 1.54) is 5.56 Å². The summed E-state index contributed by atoms with van der Waals surface area (Å²) in [5, 5.41) is 3.33. The average molecular weight is 276 g/mol. The second kappa shape index (κ2) is 5.83. The fourth-order valence-electron chi connectivity index (χ4n) is 2.96. The minimum atomic E-state index is -0.622. The maximum absolute atomic E-state index is 11.8. The summed E-state index contributed by atoms with van der Waals surface area (Å²) in [6, 6.07) is 8.20. The Hall–Kier alpha value is -1.55. The highest BCUT2D eigenvalue weighted by Gasteiger charge is 2.45. The standard InChI is InChI=1S/C16H24N2O2/c1-11(2)18-16(15(17)19)8-7-14(10-16)20-13-6-4-5-12(3)9-13/h4-6,9,11,14,18H,7-8,10H2,1-3H3,(H2,17,19). The normalized spacial score (nSPS) is 25.9. The molecule has 1 fully saturated rings. The molecule has 0 bridgehead atoms. The molecule has 0 radical (unpaired) electrons. The van der Waals surface area contributed by atoms with Crippen molar-refractivity contribution in [3.8, 4) is 5.75 Å². The van der Waals surface area contributed by atoms with E-state index in [1.54, 1.807) is 0 Å². The Balaban J connectivity index is 2.05. The number of benzene rings is 1. The van der Waals surface area contributed by atoms with E-state index < -0.39 is 5.54 Å². The van der Waals surface area contributed by atoms with Crippen LogP contribution in [0.2, 0.25) is 0 Å². The first-order valence-corrected chi connectivity index (χ1v) is 7.22. The van der Waals surface area contributed by atoms with Gasteiger partial charge in [-0.2, -0.15) is 0 Å². The van der Waals surface area contributed by atoms with Crippen LogP contribution >= 0.6 is 0 Å². The molecule has 2 atom stereocenters. The summed E-state index contributed by atoms with van der Waals surface area (Å²) in [7, 11) is 0. The van der Waals surface area contributed by atoms with E-state index in [0.29, 0.717) is 6.42 Å². The fraction of sp³-hybridized carbons (Fsp3) is 0.562. The van der Waals surface area contributed by atoms with Crippen molar-refractivity contribution in [2.45, 2.75) is 57.7 Å². The van der Waals surface area contributed by atoms with Gasteiger partial charge in [-0.15, -0.1) is 0 Å². The van der Waals surface area contributed by atoms with Gasteiger partial charge in [-0.1, -0.05) is 12.1 Å². The Bertz CT molecular complexity index is 487. The van der Waals surface area contributed by atoms with E-state index >= 15 is 0 Å². The third-order valence-corrected chi connectivity index (χ3v) is 3.80. The highest BCUT2D eigenvalue weighted by atomic mass is 16.5. The average Bonchev–Trinajstić information content (AvgIpc) is 2.72.